The molecule has 0 saturated heterocycles. The van der Waals surface area contributed by atoms with Gasteiger partial charge in [-0.15, -0.1) is 0 Å². The number of fused-ring (bicyclic) bond motifs is 15. The maximum atomic E-state index is 6.89. The first kappa shape index (κ1) is 76.6. The molecule has 21 aromatic rings. The third-order valence-corrected chi connectivity index (χ3v) is 26.4. The Labute approximate surface area is 756 Å². The lowest BCUT2D eigenvalue weighted by Gasteiger charge is -2.35. The number of benzene rings is 21. The fraction of sp³-hybridized carbons (Fsp3) is 0.0161. The Kier molecular flexibility index (Phi) is 19.0. The number of para-hydroxylation sites is 5. The van der Waals surface area contributed by atoms with Crippen LogP contribution in [0.2, 0.25) is 0 Å². The molecule has 2 aliphatic heterocycles. The lowest BCUT2D eigenvalue weighted by molar-refractivity contribution is 0.360. The van der Waals surface area contributed by atoms with Gasteiger partial charge in [0, 0.05) is 45.3 Å². The maximum absolute atomic E-state index is 6.89. The molecule has 2 aliphatic carbocycles. The van der Waals surface area contributed by atoms with Crippen LogP contribution in [0.25, 0.3) is 99.4 Å². The molecule has 0 saturated carbocycles. The van der Waals surface area contributed by atoms with E-state index >= 15 is 0 Å². The van der Waals surface area contributed by atoms with Crippen molar-refractivity contribution in [1.29, 1.82) is 0 Å². The lowest BCUT2D eigenvalue weighted by atomic mass is 9.67. The van der Waals surface area contributed by atoms with Crippen LogP contribution >= 0.6 is 0 Å². The van der Waals surface area contributed by atoms with Gasteiger partial charge in [0.1, 0.15) is 0 Å². The second-order valence-electron chi connectivity index (χ2n) is 33.6. The SMILES string of the molecule is c1ccc(-c2cccc(-c3cccc(C4(c5ccc(N(c6cccc(-c7ccccc7)c6)c6cccc(-c7ccccc7)c6)cc5)c5ccccc5-c5c4ccc4c5Oc5ccccc5O4)c3)c2)cc1.c1ccc(-c2cccc(C3(c4ccc(N(c5ccccc5)c5ccc6c(ccc7ccccc76)c5)cc4)c4ccccc4-c4c3ccc3c4Oc4ccccc4O3)c2)cc1. The van der Waals surface area contributed by atoms with Gasteiger partial charge in [0.2, 0.25) is 0 Å². The van der Waals surface area contributed by atoms with Crippen LogP contribution in [0.5, 0.6) is 46.0 Å². The summed E-state index contributed by atoms with van der Waals surface area (Å²) in [6.07, 6.45) is 0. The van der Waals surface area contributed by atoms with Gasteiger partial charge in [-0.25, -0.2) is 0 Å². The zero-order valence-corrected chi connectivity index (χ0v) is 70.9. The summed E-state index contributed by atoms with van der Waals surface area (Å²) in [6.45, 7) is 0. The molecule has 2 heterocycles. The van der Waals surface area contributed by atoms with Crippen molar-refractivity contribution in [2.24, 2.45) is 0 Å². The molecule has 2 atom stereocenters. The van der Waals surface area contributed by atoms with E-state index in [4.69, 9.17) is 18.9 Å². The topological polar surface area (TPSA) is 43.4 Å². The summed E-state index contributed by atoms with van der Waals surface area (Å²) >= 11 is 0. The van der Waals surface area contributed by atoms with E-state index in [2.05, 4.69) is 459 Å². The number of hydrogen-bond acceptors (Lipinski definition) is 6. The molecule has 612 valence electrons. The predicted molar refractivity (Wildman–Crippen MR) is 532 cm³/mol. The molecule has 6 heteroatoms. The van der Waals surface area contributed by atoms with E-state index in [1.165, 1.54) is 71.6 Å². The van der Waals surface area contributed by atoms with E-state index in [0.717, 1.165) is 124 Å². The normalized spacial score (nSPS) is 14.3. The fourth-order valence-corrected chi connectivity index (χ4v) is 20.5. The summed E-state index contributed by atoms with van der Waals surface area (Å²) in [5, 5.41) is 4.96. The van der Waals surface area contributed by atoms with Gasteiger partial charge in [-0.1, -0.05) is 370 Å². The summed E-state index contributed by atoms with van der Waals surface area (Å²) in [4.78, 5) is 4.74. The van der Waals surface area contributed by atoms with Crippen LogP contribution in [-0.4, -0.2) is 0 Å². The van der Waals surface area contributed by atoms with Gasteiger partial charge in [-0.2, -0.15) is 0 Å². The van der Waals surface area contributed by atoms with Gasteiger partial charge in [0.15, 0.2) is 46.0 Å². The summed E-state index contributed by atoms with van der Waals surface area (Å²) in [6, 6.07) is 178. The Morgan fingerprint density at radius 3 is 0.954 bits per heavy atom. The van der Waals surface area contributed by atoms with Crippen molar-refractivity contribution in [2.45, 2.75) is 10.8 Å². The maximum Gasteiger partial charge on any atom is 0.178 e. The molecule has 0 spiro atoms. The number of anilines is 6. The number of hydrogen-bond donors (Lipinski definition) is 0. The average Bonchev–Trinajstić information content (AvgIpc) is 1.53. The fourth-order valence-electron chi connectivity index (χ4n) is 20.5. The van der Waals surface area contributed by atoms with Crippen LogP contribution in [0.15, 0.2) is 497 Å². The molecular formula is C124H82N2O4. The summed E-state index contributed by atoms with van der Waals surface area (Å²) < 4.78 is 26.8. The van der Waals surface area contributed by atoms with Gasteiger partial charge < -0.3 is 28.7 Å². The minimum absolute atomic E-state index is 0.674. The molecule has 0 aromatic heterocycles. The first-order chi connectivity index (χ1) is 64.4. The third kappa shape index (κ3) is 13.1. The number of nitrogens with zero attached hydrogens (tertiary/aromatic N) is 2. The molecule has 0 N–H and O–H groups in total. The Balaban J connectivity index is 0.000000146. The van der Waals surface area contributed by atoms with E-state index in [1.807, 2.05) is 48.5 Å². The van der Waals surface area contributed by atoms with Crippen molar-refractivity contribution in [3.05, 3.63) is 542 Å². The minimum Gasteiger partial charge on any atom is -0.449 e. The van der Waals surface area contributed by atoms with E-state index in [0.29, 0.717) is 28.7 Å². The molecule has 4 aliphatic rings. The second kappa shape index (κ2) is 32.2. The predicted octanol–water partition coefficient (Wildman–Crippen LogP) is 33.5. The van der Waals surface area contributed by atoms with Gasteiger partial charge >= 0.3 is 0 Å². The largest absolute Gasteiger partial charge is 0.449 e. The third-order valence-electron chi connectivity index (χ3n) is 26.4. The monoisotopic (exact) mass is 1660 g/mol. The van der Waals surface area contributed by atoms with Gasteiger partial charge in [-0.3, -0.25) is 0 Å². The highest BCUT2D eigenvalue weighted by Gasteiger charge is 2.51. The molecule has 130 heavy (non-hydrogen) atoms. The molecule has 21 aromatic carbocycles. The average molecular weight is 1660 g/mol. The molecular weight excluding hydrogens is 1580 g/mol. The molecule has 6 nitrogen and oxygen atoms in total. The Bertz CT molecular complexity index is 7840. The highest BCUT2D eigenvalue weighted by Crippen LogP contribution is 2.65. The van der Waals surface area contributed by atoms with Crippen LogP contribution < -0.4 is 28.7 Å². The van der Waals surface area contributed by atoms with E-state index < -0.39 is 10.8 Å². The van der Waals surface area contributed by atoms with Gasteiger partial charge in [-0.05, 0) is 260 Å². The van der Waals surface area contributed by atoms with Gasteiger partial charge in [0.25, 0.3) is 0 Å². The first-order valence-electron chi connectivity index (χ1n) is 44.4. The van der Waals surface area contributed by atoms with Crippen LogP contribution in [0.4, 0.5) is 34.1 Å². The molecule has 0 radical (unpaired) electrons. The van der Waals surface area contributed by atoms with Gasteiger partial charge in [0.05, 0.1) is 10.8 Å². The summed E-state index contributed by atoms with van der Waals surface area (Å²) in [5.74, 6) is 5.75. The quantitative estimate of drug-likeness (QED) is 0.0953. The van der Waals surface area contributed by atoms with Crippen LogP contribution in [0, 0.1) is 0 Å². The zero-order chi connectivity index (χ0) is 86.1. The van der Waals surface area contributed by atoms with E-state index in [9.17, 15) is 0 Å². The molecule has 0 bridgehead atoms. The standard InChI is InChI=1S/C67H45NO2.C57H37NO2/c1-4-18-46(19-5-1)49-24-14-25-50(42-49)51-26-15-29-55(43-51)67(60-33-11-10-32-59(60)65-61(67)40-41-64-66(65)70-63-35-13-12-34-62(63)69-64)54-36-38-56(39-37-54)68(57-30-16-27-52(44-57)47-20-6-2-7-21-47)58-31-17-28-53(45-58)48-22-8-3-9-23-48;1-3-14-38(15-4-1)40-17-13-18-43(36-40)57(50-23-10-9-22-49(50)55-51(57)34-35-54-56(55)60-53-25-12-11-24-52(53)59-54)42-28-30-45(31-29-42)58(44-19-5-2-6-20-44)46-32-33-48-41(37-46)27-26-39-16-7-8-21-47(39)48/h1-45H;1-37H. The second-order valence-corrected chi connectivity index (χ2v) is 33.6. The zero-order valence-electron chi connectivity index (χ0n) is 70.9. The Morgan fingerprint density at radius 1 is 0.162 bits per heavy atom. The van der Waals surface area contributed by atoms with Crippen molar-refractivity contribution in [2.75, 3.05) is 9.80 Å². The van der Waals surface area contributed by atoms with Crippen LogP contribution in [-0.2, 0) is 10.8 Å². The Morgan fingerprint density at radius 2 is 0.477 bits per heavy atom. The summed E-state index contributed by atoms with van der Waals surface area (Å²) in [5.41, 5.74) is 30.4. The van der Waals surface area contributed by atoms with E-state index in [-0.39, 0.29) is 0 Å². The molecule has 0 fully saturated rings. The van der Waals surface area contributed by atoms with Crippen molar-refractivity contribution in [3.63, 3.8) is 0 Å². The molecule has 2 unspecified atom stereocenters. The highest BCUT2D eigenvalue weighted by atomic mass is 16.6. The van der Waals surface area contributed by atoms with Crippen LogP contribution in [0.1, 0.15) is 44.5 Å². The van der Waals surface area contributed by atoms with Crippen molar-refractivity contribution >= 4 is 55.7 Å². The van der Waals surface area contributed by atoms with Crippen molar-refractivity contribution < 1.29 is 18.9 Å². The molecule has 25 rings (SSSR count). The first-order valence-corrected chi connectivity index (χ1v) is 44.4. The highest BCUT2D eigenvalue weighted by molar-refractivity contribution is 6.09. The van der Waals surface area contributed by atoms with E-state index in [1.54, 1.807) is 0 Å². The summed E-state index contributed by atoms with van der Waals surface area (Å²) in [7, 11) is 0. The van der Waals surface area contributed by atoms with Crippen LogP contribution in [0.3, 0.4) is 0 Å². The Hall–Kier alpha value is -17.1. The lowest BCUT2D eigenvalue weighted by Crippen LogP contribution is -2.28. The number of rotatable bonds is 15. The number of ether oxygens (including phenoxy) is 4. The smallest absolute Gasteiger partial charge is 0.178 e. The molecule has 0 amide bonds. The minimum atomic E-state index is -0.738. The van der Waals surface area contributed by atoms with Crippen molar-refractivity contribution in [1.82, 2.24) is 0 Å². The van der Waals surface area contributed by atoms with Crippen molar-refractivity contribution in [3.8, 4) is 124 Å².